The van der Waals surface area contributed by atoms with E-state index in [1.807, 2.05) is 44.3 Å². The molecule has 5 nitrogen and oxygen atoms in total. The molecule has 2 aromatic heterocycles. The van der Waals surface area contributed by atoms with Crippen LogP contribution in [0.25, 0.3) is 11.0 Å². The van der Waals surface area contributed by atoms with Crippen molar-refractivity contribution in [2.45, 2.75) is 6.92 Å². The van der Waals surface area contributed by atoms with Crippen molar-refractivity contribution >= 4 is 45.2 Å². The Hall–Kier alpha value is -1.96. The monoisotopic (exact) mass is 392 g/mol. The van der Waals surface area contributed by atoms with E-state index in [1.165, 1.54) is 0 Å². The second kappa shape index (κ2) is 5.44. The number of hydrogen-bond acceptors (Lipinski definition) is 3. The Labute approximate surface area is 135 Å². The number of hydrogen-bond donors (Lipinski definition) is 1. The van der Waals surface area contributed by atoms with E-state index in [-0.39, 0.29) is 5.91 Å². The molecule has 0 atom stereocenters. The molecular formula is C15H13IN4O. The zero-order valence-electron chi connectivity index (χ0n) is 11.6. The Balaban J connectivity index is 1.91. The lowest BCUT2D eigenvalue weighted by atomic mass is 10.2. The highest BCUT2D eigenvalue weighted by molar-refractivity contribution is 14.1. The summed E-state index contributed by atoms with van der Waals surface area (Å²) in [6, 6.07) is 9.47. The first-order chi connectivity index (χ1) is 10.0. The van der Waals surface area contributed by atoms with Gasteiger partial charge in [-0.2, -0.15) is 5.10 Å². The molecule has 0 aliphatic rings. The number of carbonyl (C=O) groups excluding carboxylic acids is 1. The van der Waals surface area contributed by atoms with Gasteiger partial charge < -0.3 is 5.32 Å². The lowest BCUT2D eigenvalue weighted by Crippen LogP contribution is -2.12. The fourth-order valence-corrected chi connectivity index (χ4v) is 2.53. The van der Waals surface area contributed by atoms with E-state index in [0.717, 1.165) is 26.0 Å². The molecule has 0 unspecified atom stereocenters. The van der Waals surface area contributed by atoms with Crippen LogP contribution in [0, 0.1) is 10.5 Å². The second-order valence-electron chi connectivity index (χ2n) is 4.77. The van der Waals surface area contributed by atoms with Gasteiger partial charge in [0.1, 0.15) is 0 Å². The topological polar surface area (TPSA) is 59.8 Å². The maximum absolute atomic E-state index is 12.3. The van der Waals surface area contributed by atoms with Gasteiger partial charge in [0.05, 0.1) is 11.3 Å². The van der Waals surface area contributed by atoms with Gasteiger partial charge in [-0.15, -0.1) is 0 Å². The van der Waals surface area contributed by atoms with E-state index in [0.29, 0.717) is 5.56 Å². The van der Waals surface area contributed by atoms with Crippen LogP contribution in [0.15, 0.2) is 36.5 Å². The zero-order valence-corrected chi connectivity index (χ0v) is 13.7. The summed E-state index contributed by atoms with van der Waals surface area (Å²) in [5.41, 5.74) is 2.93. The Morgan fingerprint density at radius 3 is 2.71 bits per heavy atom. The Bertz CT molecular complexity index is 824. The van der Waals surface area contributed by atoms with Crippen LogP contribution in [0.4, 0.5) is 5.69 Å². The summed E-state index contributed by atoms with van der Waals surface area (Å²) in [5.74, 6) is -0.172. The van der Waals surface area contributed by atoms with Crippen LogP contribution in [-0.2, 0) is 7.05 Å². The third kappa shape index (κ3) is 2.76. The van der Waals surface area contributed by atoms with E-state index < -0.39 is 0 Å². The molecule has 0 fully saturated rings. The number of fused-ring (bicyclic) bond motifs is 1. The maximum Gasteiger partial charge on any atom is 0.257 e. The van der Waals surface area contributed by atoms with Crippen LogP contribution >= 0.6 is 22.6 Å². The first kappa shape index (κ1) is 14.0. The average molecular weight is 392 g/mol. The van der Waals surface area contributed by atoms with Gasteiger partial charge in [-0.25, -0.2) is 4.98 Å². The summed E-state index contributed by atoms with van der Waals surface area (Å²) in [6.45, 7) is 1.91. The molecule has 0 spiro atoms. The summed E-state index contributed by atoms with van der Waals surface area (Å²) in [4.78, 5) is 16.6. The van der Waals surface area contributed by atoms with Crippen molar-refractivity contribution < 1.29 is 4.79 Å². The average Bonchev–Trinajstić information content (AvgIpc) is 2.76. The van der Waals surface area contributed by atoms with Gasteiger partial charge in [-0.3, -0.25) is 9.48 Å². The predicted molar refractivity (Wildman–Crippen MR) is 90.4 cm³/mol. The Morgan fingerprint density at radius 1 is 1.29 bits per heavy atom. The number of amides is 1. The number of aryl methyl sites for hydroxylation is 2. The minimum Gasteiger partial charge on any atom is -0.322 e. The number of halogens is 1. The Kier molecular flexibility index (Phi) is 3.62. The van der Waals surface area contributed by atoms with Gasteiger partial charge in [0, 0.05) is 27.9 Å². The van der Waals surface area contributed by atoms with Crippen molar-refractivity contribution in [3.05, 3.63) is 51.4 Å². The lowest BCUT2D eigenvalue weighted by Gasteiger charge is -2.05. The minimum absolute atomic E-state index is 0.172. The van der Waals surface area contributed by atoms with Gasteiger partial charge >= 0.3 is 0 Å². The van der Waals surface area contributed by atoms with Crippen LogP contribution in [-0.4, -0.2) is 20.7 Å². The van der Waals surface area contributed by atoms with Crippen molar-refractivity contribution in [2.24, 2.45) is 7.05 Å². The van der Waals surface area contributed by atoms with E-state index in [9.17, 15) is 4.79 Å². The first-order valence-corrected chi connectivity index (χ1v) is 7.49. The molecule has 2 heterocycles. The third-order valence-corrected chi connectivity index (χ3v) is 3.95. The van der Waals surface area contributed by atoms with Gasteiger partial charge in [0.25, 0.3) is 5.91 Å². The van der Waals surface area contributed by atoms with Crippen LogP contribution < -0.4 is 5.32 Å². The number of anilines is 1. The van der Waals surface area contributed by atoms with Crippen molar-refractivity contribution in [1.82, 2.24) is 14.8 Å². The molecule has 0 bridgehead atoms. The molecule has 3 aromatic rings. The number of benzene rings is 1. The molecule has 1 N–H and O–H groups in total. The van der Waals surface area contributed by atoms with Crippen molar-refractivity contribution in [3.63, 3.8) is 0 Å². The van der Waals surface area contributed by atoms with Crippen LogP contribution in [0.5, 0.6) is 0 Å². The SMILES string of the molecule is Cc1nn(C)c2ncc(C(=O)Nc3ccc(I)cc3)cc12. The van der Waals surface area contributed by atoms with Crippen LogP contribution in [0.3, 0.4) is 0 Å². The zero-order chi connectivity index (χ0) is 15.0. The van der Waals surface area contributed by atoms with Crippen LogP contribution in [0.1, 0.15) is 16.1 Å². The molecule has 0 aliphatic carbocycles. The quantitative estimate of drug-likeness (QED) is 0.682. The van der Waals surface area contributed by atoms with Crippen molar-refractivity contribution in [3.8, 4) is 0 Å². The fourth-order valence-electron chi connectivity index (χ4n) is 2.17. The molecule has 106 valence electrons. The second-order valence-corrected chi connectivity index (χ2v) is 6.01. The molecule has 0 aliphatic heterocycles. The number of carbonyl (C=O) groups is 1. The van der Waals surface area contributed by atoms with Gasteiger partial charge in [-0.1, -0.05) is 0 Å². The van der Waals surface area contributed by atoms with Crippen LogP contribution in [0.2, 0.25) is 0 Å². The molecule has 3 rings (SSSR count). The highest BCUT2D eigenvalue weighted by atomic mass is 127. The van der Waals surface area contributed by atoms with Crippen molar-refractivity contribution in [1.29, 1.82) is 0 Å². The molecule has 6 heteroatoms. The standard InChI is InChI=1S/C15H13IN4O/c1-9-13-7-10(8-17-14(13)20(2)19-9)15(21)18-12-5-3-11(16)4-6-12/h3-8H,1-2H3,(H,18,21). The largest absolute Gasteiger partial charge is 0.322 e. The summed E-state index contributed by atoms with van der Waals surface area (Å²) < 4.78 is 2.84. The molecule has 0 saturated carbocycles. The number of nitrogens with one attached hydrogen (secondary N) is 1. The third-order valence-electron chi connectivity index (χ3n) is 3.23. The molecule has 21 heavy (non-hydrogen) atoms. The predicted octanol–water partition coefficient (Wildman–Crippen LogP) is 3.13. The molecule has 1 amide bonds. The lowest BCUT2D eigenvalue weighted by molar-refractivity contribution is 0.102. The van der Waals surface area contributed by atoms with Gasteiger partial charge in [0.15, 0.2) is 5.65 Å². The van der Waals surface area contributed by atoms with E-state index >= 15 is 0 Å². The highest BCUT2D eigenvalue weighted by Crippen LogP contribution is 2.18. The minimum atomic E-state index is -0.172. The van der Waals surface area contributed by atoms with Crippen molar-refractivity contribution in [2.75, 3.05) is 5.32 Å². The first-order valence-electron chi connectivity index (χ1n) is 6.41. The van der Waals surface area contributed by atoms with E-state index in [1.54, 1.807) is 10.9 Å². The van der Waals surface area contributed by atoms with Gasteiger partial charge in [0.2, 0.25) is 0 Å². The van der Waals surface area contributed by atoms with E-state index in [2.05, 4.69) is 38.0 Å². The molecule has 0 saturated heterocycles. The molecular weight excluding hydrogens is 379 g/mol. The smallest absolute Gasteiger partial charge is 0.257 e. The molecule has 0 radical (unpaired) electrons. The highest BCUT2D eigenvalue weighted by Gasteiger charge is 2.11. The van der Waals surface area contributed by atoms with Gasteiger partial charge in [-0.05, 0) is 59.8 Å². The number of pyridine rings is 1. The summed E-state index contributed by atoms with van der Waals surface area (Å²) in [6.07, 6.45) is 1.57. The van der Waals surface area contributed by atoms with E-state index in [4.69, 9.17) is 0 Å². The molecule has 1 aromatic carbocycles. The summed E-state index contributed by atoms with van der Waals surface area (Å²) in [5, 5.41) is 8.07. The Morgan fingerprint density at radius 2 is 2.00 bits per heavy atom. The summed E-state index contributed by atoms with van der Waals surface area (Å²) in [7, 11) is 1.84. The maximum atomic E-state index is 12.3. The summed E-state index contributed by atoms with van der Waals surface area (Å²) >= 11 is 2.23. The number of nitrogens with zero attached hydrogens (tertiary/aromatic N) is 3. The number of rotatable bonds is 2. The number of aromatic nitrogens is 3. The normalized spacial score (nSPS) is 10.8. The fraction of sp³-hybridized carbons (Fsp3) is 0.133.